The fourth-order valence-electron chi connectivity index (χ4n) is 1.47. The van der Waals surface area contributed by atoms with Crippen LogP contribution in [0.5, 0.6) is 11.6 Å². The number of hydrogen-bond donors (Lipinski definition) is 1. The molecule has 1 heterocycles. The lowest BCUT2D eigenvalue weighted by molar-refractivity contribution is 0.450. The van der Waals surface area contributed by atoms with Crippen molar-refractivity contribution >= 4 is 11.6 Å². The molecule has 5 heteroatoms. The molecule has 18 heavy (non-hydrogen) atoms. The fraction of sp³-hybridized carbons (Fsp3) is 0.231. The second-order valence-corrected chi connectivity index (χ2v) is 4.34. The zero-order valence-corrected chi connectivity index (χ0v) is 11.0. The molecule has 0 aliphatic rings. The van der Waals surface area contributed by atoms with E-state index in [1.807, 2.05) is 32.2 Å². The molecule has 0 spiro atoms. The number of halogens is 1. The minimum absolute atomic E-state index is 0.459. The summed E-state index contributed by atoms with van der Waals surface area (Å²) < 4.78 is 5.64. The van der Waals surface area contributed by atoms with Crippen molar-refractivity contribution in [2.75, 3.05) is 7.05 Å². The van der Waals surface area contributed by atoms with Crippen molar-refractivity contribution in [3.63, 3.8) is 0 Å². The number of ether oxygens (including phenoxy) is 1. The monoisotopic (exact) mass is 263 g/mol. The minimum Gasteiger partial charge on any atom is -0.437 e. The van der Waals surface area contributed by atoms with E-state index in [1.165, 1.54) is 0 Å². The van der Waals surface area contributed by atoms with Crippen LogP contribution in [-0.2, 0) is 6.54 Å². The number of aryl methyl sites for hydroxylation is 1. The molecule has 2 aromatic rings. The van der Waals surface area contributed by atoms with Crippen LogP contribution in [0.4, 0.5) is 0 Å². The van der Waals surface area contributed by atoms with Gasteiger partial charge in [-0.1, -0.05) is 17.7 Å². The van der Waals surface area contributed by atoms with E-state index in [-0.39, 0.29) is 0 Å². The van der Waals surface area contributed by atoms with Gasteiger partial charge in [-0.05, 0) is 37.7 Å². The summed E-state index contributed by atoms with van der Waals surface area (Å²) >= 11 is 5.93. The maximum atomic E-state index is 5.93. The molecule has 0 amide bonds. The number of benzene rings is 1. The van der Waals surface area contributed by atoms with Gasteiger partial charge in [0.15, 0.2) is 0 Å². The van der Waals surface area contributed by atoms with E-state index in [2.05, 4.69) is 15.5 Å². The average molecular weight is 264 g/mol. The van der Waals surface area contributed by atoms with Crippen LogP contribution in [0.15, 0.2) is 30.3 Å². The summed E-state index contributed by atoms with van der Waals surface area (Å²) in [7, 11) is 1.86. The first-order chi connectivity index (χ1) is 8.69. The summed E-state index contributed by atoms with van der Waals surface area (Å²) in [5, 5.41) is 11.7. The average Bonchev–Trinajstić information content (AvgIpc) is 2.37. The highest BCUT2D eigenvalue weighted by Crippen LogP contribution is 2.26. The van der Waals surface area contributed by atoms with Crippen LogP contribution in [0.25, 0.3) is 0 Å². The summed E-state index contributed by atoms with van der Waals surface area (Å²) in [6.45, 7) is 2.64. The molecule has 1 aromatic heterocycles. The molecule has 0 radical (unpaired) electrons. The van der Waals surface area contributed by atoms with Crippen molar-refractivity contribution in [2.45, 2.75) is 13.5 Å². The van der Waals surface area contributed by atoms with Crippen LogP contribution in [0.1, 0.15) is 11.3 Å². The SMILES string of the molecule is CNCc1ccc(Oc2cc(Cl)ccc2C)nn1. The van der Waals surface area contributed by atoms with Crippen LogP contribution >= 0.6 is 11.6 Å². The van der Waals surface area contributed by atoms with Gasteiger partial charge >= 0.3 is 0 Å². The van der Waals surface area contributed by atoms with Crippen molar-refractivity contribution in [3.8, 4) is 11.6 Å². The molecule has 0 saturated heterocycles. The van der Waals surface area contributed by atoms with Crippen LogP contribution in [0.3, 0.4) is 0 Å². The van der Waals surface area contributed by atoms with E-state index in [4.69, 9.17) is 16.3 Å². The number of rotatable bonds is 4. The first kappa shape index (κ1) is 12.8. The molecular weight excluding hydrogens is 250 g/mol. The lowest BCUT2D eigenvalue weighted by Gasteiger charge is -2.08. The Morgan fingerprint density at radius 2 is 2.06 bits per heavy atom. The Bertz CT molecular complexity index is 528. The molecular formula is C13H14ClN3O. The van der Waals surface area contributed by atoms with Gasteiger partial charge in [0.05, 0.1) is 5.69 Å². The van der Waals surface area contributed by atoms with Gasteiger partial charge in [0.1, 0.15) is 5.75 Å². The maximum Gasteiger partial charge on any atom is 0.238 e. The van der Waals surface area contributed by atoms with Crippen molar-refractivity contribution in [1.82, 2.24) is 15.5 Å². The normalized spacial score (nSPS) is 10.4. The van der Waals surface area contributed by atoms with Gasteiger partial charge in [-0.15, -0.1) is 5.10 Å². The molecule has 1 aromatic carbocycles. The number of hydrogen-bond acceptors (Lipinski definition) is 4. The highest BCUT2D eigenvalue weighted by molar-refractivity contribution is 6.30. The Kier molecular flexibility index (Phi) is 4.12. The van der Waals surface area contributed by atoms with Gasteiger partial charge in [0.2, 0.25) is 5.88 Å². The van der Waals surface area contributed by atoms with E-state index in [1.54, 1.807) is 12.1 Å². The van der Waals surface area contributed by atoms with Crippen molar-refractivity contribution in [3.05, 3.63) is 46.6 Å². The summed E-state index contributed by atoms with van der Waals surface area (Å²) in [6.07, 6.45) is 0. The predicted octanol–water partition coefficient (Wildman–Crippen LogP) is 2.95. The van der Waals surface area contributed by atoms with Crippen LogP contribution in [0, 0.1) is 6.92 Å². The van der Waals surface area contributed by atoms with Gasteiger partial charge in [0.25, 0.3) is 0 Å². The molecule has 0 aliphatic carbocycles. The Hall–Kier alpha value is -1.65. The Balaban J connectivity index is 2.15. The molecule has 0 aliphatic heterocycles. The topological polar surface area (TPSA) is 47.0 Å². The highest BCUT2D eigenvalue weighted by Gasteiger charge is 2.04. The third-order valence-electron chi connectivity index (χ3n) is 2.42. The van der Waals surface area contributed by atoms with Gasteiger partial charge in [0, 0.05) is 17.6 Å². The van der Waals surface area contributed by atoms with E-state index in [0.29, 0.717) is 23.2 Å². The van der Waals surface area contributed by atoms with Gasteiger partial charge < -0.3 is 10.1 Å². The highest BCUT2D eigenvalue weighted by atomic mass is 35.5. The van der Waals surface area contributed by atoms with Crippen molar-refractivity contribution in [1.29, 1.82) is 0 Å². The van der Waals surface area contributed by atoms with Crippen LogP contribution in [0.2, 0.25) is 5.02 Å². The molecule has 0 unspecified atom stereocenters. The smallest absolute Gasteiger partial charge is 0.238 e. The van der Waals surface area contributed by atoms with Crippen LogP contribution in [-0.4, -0.2) is 17.2 Å². The molecule has 1 N–H and O–H groups in total. The van der Waals surface area contributed by atoms with E-state index >= 15 is 0 Å². The Morgan fingerprint density at radius 3 is 2.72 bits per heavy atom. The van der Waals surface area contributed by atoms with Gasteiger partial charge in [-0.25, -0.2) is 0 Å². The van der Waals surface area contributed by atoms with E-state index < -0.39 is 0 Å². The summed E-state index contributed by atoms with van der Waals surface area (Å²) in [4.78, 5) is 0. The Labute approximate surface area is 111 Å². The van der Waals surface area contributed by atoms with Crippen LogP contribution < -0.4 is 10.1 Å². The third-order valence-corrected chi connectivity index (χ3v) is 2.65. The van der Waals surface area contributed by atoms with E-state index in [9.17, 15) is 0 Å². The zero-order chi connectivity index (χ0) is 13.0. The summed E-state index contributed by atoms with van der Waals surface area (Å²) in [6, 6.07) is 9.16. The number of nitrogens with one attached hydrogen (secondary N) is 1. The number of aromatic nitrogens is 2. The lowest BCUT2D eigenvalue weighted by Crippen LogP contribution is -2.07. The van der Waals surface area contributed by atoms with Crippen molar-refractivity contribution < 1.29 is 4.74 Å². The zero-order valence-electron chi connectivity index (χ0n) is 10.3. The van der Waals surface area contributed by atoms with E-state index in [0.717, 1.165) is 11.3 Å². The molecule has 0 bridgehead atoms. The Morgan fingerprint density at radius 1 is 1.22 bits per heavy atom. The standard InChI is InChI=1S/C13H14ClN3O/c1-9-3-4-10(14)7-12(9)18-13-6-5-11(8-15-2)16-17-13/h3-7,15H,8H2,1-2H3. The summed E-state index contributed by atoms with van der Waals surface area (Å²) in [5.41, 5.74) is 1.87. The first-order valence-electron chi connectivity index (χ1n) is 5.60. The quantitative estimate of drug-likeness (QED) is 0.921. The predicted molar refractivity (Wildman–Crippen MR) is 71.1 cm³/mol. The molecule has 0 atom stereocenters. The maximum absolute atomic E-state index is 5.93. The second kappa shape index (κ2) is 5.80. The molecule has 4 nitrogen and oxygen atoms in total. The fourth-order valence-corrected chi connectivity index (χ4v) is 1.64. The van der Waals surface area contributed by atoms with Gasteiger partial charge in [-0.2, -0.15) is 5.10 Å². The molecule has 94 valence electrons. The molecule has 2 rings (SSSR count). The first-order valence-corrected chi connectivity index (χ1v) is 5.98. The van der Waals surface area contributed by atoms with Gasteiger partial charge in [-0.3, -0.25) is 0 Å². The molecule has 0 fully saturated rings. The summed E-state index contributed by atoms with van der Waals surface area (Å²) in [5.74, 6) is 1.15. The lowest BCUT2D eigenvalue weighted by atomic mass is 10.2. The molecule has 0 saturated carbocycles. The van der Waals surface area contributed by atoms with Crippen molar-refractivity contribution in [2.24, 2.45) is 0 Å². The second-order valence-electron chi connectivity index (χ2n) is 3.91. The minimum atomic E-state index is 0.459. The largest absolute Gasteiger partial charge is 0.437 e. The number of nitrogens with zero attached hydrogens (tertiary/aromatic N) is 2. The third kappa shape index (κ3) is 3.18.